The Morgan fingerprint density at radius 1 is 0.391 bits per heavy atom. The number of furan rings is 1. The molecule has 0 aliphatic carbocycles. The molecule has 2 heteroatoms. The number of fused-ring (bicyclic) bond motifs is 6. The van der Waals surface area contributed by atoms with Crippen molar-refractivity contribution in [2.24, 2.45) is 0 Å². The lowest BCUT2D eigenvalue weighted by Gasteiger charge is -2.28. The fourth-order valence-electron chi connectivity index (χ4n) is 6.82. The number of anilines is 3. The van der Waals surface area contributed by atoms with Crippen LogP contribution in [0.25, 0.3) is 65.7 Å². The Labute approximate surface area is 267 Å². The van der Waals surface area contributed by atoms with Gasteiger partial charge in [-0.25, -0.2) is 0 Å². The first-order chi connectivity index (χ1) is 22.8. The summed E-state index contributed by atoms with van der Waals surface area (Å²) in [6.45, 7) is 0. The van der Waals surface area contributed by atoms with Crippen LogP contribution in [0.3, 0.4) is 0 Å². The van der Waals surface area contributed by atoms with Crippen molar-refractivity contribution in [2.75, 3.05) is 4.90 Å². The highest BCUT2D eigenvalue weighted by Gasteiger charge is 2.24. The second-order valence-electron chi connectivity index (χ2n) is 11.7. The molecule has 0 saturated heterocycles. The molecule has 0 saturated carbocycles. The van der Waals surface area contributed by atoms with Gasteiger partial charge in [-0.2, -0.15) is 0 Å². The Kier molecular flexibility index (Phi) is 6.17. The van der Waals surface area contributed by atoms with E-state index in [1.807, 2.05) is 0 Å². The highest BCUT2D eigenvalue weighted by molar-refractivity contribution is 6.22. The number of nitrogens with zero attached hydrogens (tertiary/aromatic N) is 1. The Balaban J connectivity index is 1.37. The standard InChI is InChI=1S/C44H29NO/c1-3-11-30(12-4-1)32-19-23-36(24-20-32)45(37-25-21-31-13-7-8-17-35(31)29-37)43-39(33-14-5-2-6-15-33)26-27-40-42-38-18-10-9-16-34(38)22-28-41(42)46-44(40)43/h1-29H. The summed E-state index contributed by atoms with van der Waals surface area (Å²) in [7, 11) is 0. The van der Waals surface area contributed by atoms with Gasteiger partial charge in [-0.15, -0.1) is 0 Å². The van der Waals surface area contributed by atoms with Crippen LogP contribution in [0, 0.1) is 0 Å². The minimum Gasteiger partial charge on any atom is -0.454 e. The molecule has 0 unspecified atom stereocenters. The summed E-state index contributed by atoms with van der Waals surface area (Å²) >= 11 is 0. The summed E-state index contributed by atoms with van der Waals surface area (Å²) in [6, 6.07) is 62.6. The normalized spacial score (nSPS) is 11.5. The minimum absolute atomic E-state index is 0.869. The highest BCUT2D eigenvalue weighted by Crippen LogP contribution is 2.49. The average Bonchev–Trinajstić information content (AvgIpc) is 3.52. The SMILES string of the molecule is c1ccc(-c2ccc(N(c3ccc4ccccc4c3)c3c(-c4ccccc4)ccc4c3oc3ccc5ccccc5c34)cc2)cc1. The topological polar surface area (TPSA) is 16.4 Å². The molecule has 0 aliphatic heterocycles. The van der Waals surface area contributed by atoms with Gasteiger partial charge >= 0.3 is 0 Å². The number of hydrogen-bond donors (Lipinski definition) is 0. The average molecular weight is 588 g/mol. The van der Waals surface area contributed by atoms with Gasteiger partial charge in [-0.3, -0.25) is 0 Å². The zero-order valence-corrected chi connectivity index (χ0v) is 25.1. The molecule has 46 heavy (non-hydrogen) atoms. The third kappa shape index (κ3) is 4.35. The zero-order chi connectivity index (χ0) is 30.5. The lowest BCUT2D eigenvalue weighted by Crippen LogP contribution is -2.11. The first-order valence-corrected chi connectivity index (χ1v) is 15.7. The lowest BCUT2D eigenvalue weighted by molar-refractivity contribution is 0.669. The Bertz CT molecular complexity index is 2510. The van der Waals surface area contributed by atoms with E-state index in [1.165, 1.54) is 32.7 Å². The van der Waals surface area contributed by atoms with Crippen molar-refractivity contribution in [1.29, 1.82) is 0 Å². The Morgan fingerprint density at radius 2 is 1.00 bits per heavy atom. The van der Waals surface area contributed by atoms with Gasteiger partial charge in [-0.1, -0.05) is 140 Å². The molecular weight excluding hydrogens is 558 g/mol. The molecule has 0 atom stereocenters. The molecule has 0 spiro atoms. The second kappa shape index (κ2) is 10.8. The summed E-state index contributed by atoms with van der Waals surface area (Å²) in [5, 5.41) is 7.05. The first-order valence-electron chi connectivity index (χ1n) is 15.7. The van der Waals surface area contributed by atoms with Crippen LogP contribution in [0.15, 0.2) is 180 Å². The van der Waals surface area contributed by atoms with E-state index in [2.05, 4.69) is 181 Å². The van der Waals surface area contributed by atoms with Gasteiger partial charge in [0.2, 0.25) is 0 Å². The van der Waals surface area contributed by atoms with Crippen LogP contribution in [0.5, 0.6) is 0 Å². The molecular formula is C44H29NO. The van der Waals surface area contributed by atoms with Crippen LogP contribution < -0.4 is 4.90 Å². The molecule has 0 N–H and O–H groups in total. The van der Waals surface area contributed by atoms with Gasteiger partial charge in [-0.05, 0) is 74.6 Å². The quantitative estimate of drug-likeness (QED) is 0.199. The summed E-state index contributed by atoms with van der Waals surface area (Å²) in [6.07, 6.45) is 0. The maximum Gasteiger partial charge on any atom is 0.160 e. The molecule has 0 bridgehead atoms. The number of rotatable bonds is 5. The molecule has 216 valence electrons. The third-order valence-electron chi connectivity index (χ3n) is 9.04. The lowest BCUT2D eigenvalue weighted by atomic mass is 9.97. The molecule has 0 fully saturated rings. The molecule has 1 heterocycles. The molecule has 1 aromatic heterocycles. The van der Waals surface area contributed by atoms with Gasteiger partial charge < -0.3 is 9.32 Å². The Morgan fingerprint density at radius 3 is 1.78 bits per heavy atom. The van der Waals surface area contributed by atoms with Crippen molar-refractivity contribution in [2.45, 2.75) is 0 Å². The van der Waals surface area contributed by atoms with Crippen LogP contribution in [-0.2, 0) is 0 Å². The van der Waals surface area contributed by atoms with Crippen LogP contribution in [0.1, 0.15) is 0 Å². The molecule has 9 aromatic rings. The van der Waals surface area contributed by atoms with Crippen molar-refractivity contribution in [3.05, 3.63) is 176 Å². The van der Waals surface area contributed by atoms with Crippen molar-refractivity contribution in [3.63, 3.8) is 0 Å². The monoisotopic (exact) mass is 587 g/mol. The molecule has 2 nitrogen and oxygen atoms in total. The smallest absolute Gasteiger partial charge is 0.160 e. The van der Waals surface area contributed by atoms with E-state index in [1.54, 1.807) is 0 Å². The first kappa shape index (κ1) is 26.3. The van der Waals surface area contributed by atoms with Gasteiger partial charge in [0.15, 0.2) is 5.58 Å². The summed E-state index contributed by atoms with van der Waals surface area (Å²) < 4.78 is 6.92. The molecule has 0 amide bonds. The Hall–Kier alpha value is -6.12. The minimum atomic E-state index is 0.869. The summed E-state index contributed by atoms with van der Waals surface area (Å²) in [5.74, 6) is 0. The fourth-order valence-corrected chi connectivity index (χ4v) is 6.82. The summed E-state index contributed by atoms with van der Waals surface area (Å²) in [4.78, 5) is 2.37. The second-order valence-corrected chi connectivity index (χ2v) is 11.7. The zero-order valence-electron chi connectivity index (χ0n) is 25.1. The number of hydrogen-bond acceptors (Lipinski definition) is 2. The van der Waals surface area contributed by atoms with Crippen molar-refractivity contribution in [3.8, 4) is 22.3 Å². The third-order valence-corrected chi connectivity index (χ3v) is 9.04. The number of benzene rings is 8. The maximum atomic E-state index is 6.92. The van der Waals surface area contributed by atoms with E-state index >= 15 is 0 Å². The molecule has 0 radical (unpaired) electrons. The summed E-state index contributed by atoms with van der Waals surface area (Å²) in [5.41, 5.74) is 9.53. The fraction of sp³-hybridized carbons (Fsp3) is 0. The predicted octanol–water partition coefficient (Wildman–Crippen LogP) is 12.7. The molecule has 8 aromatic carbocycles. The highest BCUT2D eigenvalue weighted by atomic mass is 16.3. The molecule has 0 aliphatic rings. The van der Waals surface area contributed by atoms with E-state index in [4.69, 9.17) is 4.42 Å². The van der Waals surface area contributed by atoms with Crippen molar-refractivity contribution in [1.82, 2.24) is 0 Å². The van der Waals surface area contributed by atoms with Crippen LogP contribution in [0.2, 0.25) is 0 Å². The van der Waals surface area contributed by atoms with Gasteiger partial charge in [0.25, 0.3) is 0 Å². The van der Waals surface area contributed by atoms with Crippen LogP contribution in [-0.4, -0.2) is 0 Å². The van der Waals surface area contributed by atoms with Crippen LogP contribution >= 0.6 is 0 Å². The van der Waals surface area contributed by atoms with E-state index in [-0.39, 0.29) is 0 Å². The van der Waals surface area contributed by atoms with E-state index in [0.717, 1.165) is 50.1 Å². The van der Waals surface area contributed by atoms with Crippen molar-refractivity contribution >= 4 is 60.5 Å². The van der Waals surface area contributed by atoms with Gasteiger partial charge in [0, 0.05) is 27.7 Å². The van der Waals surface area contributed by atoms with Crippen LogP contribution in [0.4, 0.5) is 17.1 Å². The van der Waals surface area contributed by atoms with E-state index < -0.39 is 0 Å². The van der Waals surface area contributed by atoms with Crippen molar-refractivity contribution < 1.29 is 4.42 Å². The van der Waals surface area contributed by atoms with E-state index in [0.29, 0.717) is 0 Å². The van der Waals surface area contributed by atoms with E-state index in [9.17, 15) is 0 Å². The largest absolute Gasteiger partial charge is 0.454 e. The maximum absolute atomic E-state index is 6.92. The molecule has 9 rings (SSSR count). The van der Waals surface area contributed by atoms with Gasteiger partial charge in [0.05, 0.1) is 5.69 Å². The predicted molar refractivity (Wildman–Crippen MR) is 194 cm³/mol. The van der Waals surface area contributed by atoms with Gasteiger partial charge in [0.1, 0.15) is 5.58 Å².